The zero-order chi connectivity index (χ0) is 9.68. The van der Waals surface area contributed by atoms with Crippen LogP contribution < -0.4 is 0 Å². The van der Waals surface area contributed by atoms with E-state index in [2.05, 4.69) is 4.98 Å². The van der Waals surface area contributed by atoms with Crippen LogP contribution in [-0.4, -0.2) is 10.8 Å². The number of nitrogens with zero attached hydrogens (tertiary/aromatic N) is 1. The van der Waals surface area contributed by atoms with E-state index in [0.29, 0.717) is 31.1 Å². The van der Waals surface area contributed by atoms with Gasteiger partial charge in [-0.2, -0.15) is 0 Å². The molecule has 0 aliphatic heterocycles. The molecule has 0 aromatic carbocycles. The first kappa shape index (κ1) is 9.96. The van der Waals surface area contributed by atoms with Crippen molar-refractivity contribution in [3.8, 4) is 0 Å². The van der Waals surface area contributed by atoms with Gasteiger partial charge in [0.25, 0.3) is 0 Å². The van der Waals surface area contributed by atoms with Gasteiger partial charge >= 0.3 is 0 Å². The van der Waals surface area contributed by atoms with Gasteiger partial charge in [-0.05, 0) is 5.92 Å². The Morgan fingerprint density at radius 2 is 2.38 bits per heavy atom. The number of Topliss-reactive ketones (excluding diaryl/α,β-unsaturated/α-hetero) is 1. The normalized spacial score (nSPS) is 10.7. The lowest BCUT2D eigenvalue weighted by Gasteiger charge is -2.01. The molecular weight excluding hydrogens is 166 g/mol. The Morgan fingerprint density at radius 3 is 2.92 bits per heavy atom. The molecule has 0 N–H and O–H groups in total. The highest BCUT2D eigenvalue weighted by Crippen LogP contribution is 2.06. The molecule has 0 aliphatic carbocycles. The van der Waals surface area contributed by atoms with Gasteiger partial charge in [-0.15, -0.1) is 0 Å². The van der Waals surface area contributed by atoms with Crippen LogP contribution in [0.25, 0.3) is 0 Å². The zero-order valence-electron chi connectivity index (χ0n) is 8.12. The predicted octanol–water partition coefficient (Wildman–Crippen LogP) is 2.22. The van der Waals surface area contributed by atoms with Crippen LogP contribution in [0, 0.1) is 5.92 Å². The van der Waals surface area contributed by atoms with Gasteiger partial charge in [0, 0.05) is 19.3 Å². The molecule has 0 aliphatic rings. The standard InChI is InChI=1S/C10H15NO2/c1-8(2)7-9(12)3-4-10-11-5-6-13-10/h5-6,8H,3-4,7H2,1-2H3. The third-order valence-electron chi connectivity index (χ3n) is 1.74. The first-order valence-electron chi connectivity index (χ1n) is 4.58. The van der Waals surface area contributed by atoms with E-state index < -0.39 is 0 Å². The quantitative estimate of drug-likeness (QED) is 0.699. The molecule has 3 heteroatoms. The summed E-state index contributed by atoms with van der Waals surface area (Å²) >= 11 is 0. The van der Waals surface area contributed by atoms with Crippen molar-refractivity contribution < 1.29 is 9.21 Å². The summed E-state index contributed by atoms with van der Waals surface area (Å²) < 4.78 is 5.03. The van der Waals surface area contributed by atoms with Crippen molar-refractivity contribution in [3.63, 3.8) is 0 Å². The summed E-state index contributed by atoms with van der Waals surface area (Å²) in [7, 11) is 0. The number of aryl methyl sites for hydroxylation is 1. The number of hydrogen-bond acceptors (Lipinski definition) is 3. The lowest BCUT2D eigenvalue weighted by atomic mass is 10.0. The van der Waals surface area contributed by atoms with Crippen LogP contribution in [0.3, 0.4) is 0 Å². The second kappa shape index (κ2) is 4.80. The molecule has 0 spiro atoms. The lowest BCUT2D eigenvalue weighted by molar-refractivity contribution is -0.119. The van der Waals surface area contributed by atoms with Crippen LogP contribution in [-0.2, 0) is 11.2 Å². The van der Waals surface area contributed by atoms with Crippen molar-refractivity contribution in [2.75, 3.05) is 0 Å². The summed E-state index contributed by atoms with van der Waals surface area (Å²) in [6, 6.07) is 0. The summed E-state index contributed by atoms with van der Waals surface area (Å²) in [4.78, 5) is 15.2. The van der Waals surface area contributed by atoms with Crippen LogP contribution in [0.5, 0.6) is 0 Å². The Morgan fingerprint density at radius 1 is 1.62 bits per heavy atom. The van der Waals surface area contributed by atoms with Crippen LogP contribution in [0.4, 0.5) is 0 Å². The molecule has 0 fully saturated rings. The Hall–Kier alpha value is -1.12. The van der Waals surface area contributed by atoms with E-state index in [4.69, 9.17) is 4.42 Å². The number of aromatic nitrogens is 1. The molecule has 1 heterocycles. The fourth-order valence-electron chi connectivity index (χ4n) is 1.18. The van der Waals surface area contributed by atoms with Crippen LogP contribution in [0.1, 0.15) is 32.6 Å². The van der Waals surface area contributed by atoms with Gasteiger partial charge < -0.3 is 4.42 Å². The number of ketones is 1. The van der Waals surface area contributed by atoms with Crippen LogP contribution >= 0.6 is 0 Å². The van der Waals surface area contributed by atoms with Crippen LogP contribution in [0.2, 0.25) is 0 Å². The van der Waals surface area contributed by atoms with Crippen molar-refractivity contribution >= 4 is 5.78 Å². The minimum Gasteiger partial charge on any atom is -0.449 e. The summed E-state index contributed by atoms with van der Waals surface area (Å²) in [5.41, 5.74) is 0. The highest BCUT2D eigenvalue weighted by Gasteiger charge is 2.06. The Kier molecular flexibility index (Phi) is 3.68. The molecule has 1 rings (SSSR count). The predicted molar refractivity (Wildman–Crippen MR) is 49.3 cm³/mol. The Balaban J connectivity index is 2.23. The molecule has 1 aromatic heterocycles. The molecule has 0 bridgehead atoms. The molecule has 0 amide bonds. The van der Waals surface area contributed by atoms with Gasteiger partial charge in [-0.1, -0.05) is 13.8 Å². The van der Waals surface area contributed by atoms with E-state index >= 15 is 0 Å². The smallest absolute Gasteiger partial charge is 0.194 e. The minimum absolute atomic E-state index is 0.285. The maximum Gasteiger partial charge on any atom is 0.194 e. The molecule has 0 radical (unpaired) electrons. The van der Waals surface area contributed by atoms with Crippen molar-refractivity contribution in [1.29, 1.82) is 0 Å². The van der Waals surface area contributed by atoms with Crippen molar-refractivity contribution in [2.24, 2.45) is 5.92 Å². The number of oxazole rings is 1. The number of hydrogen-bond donors (Lipinski definition) is 0. The first-order chi connectivity index (χ1) is 6.18. The minimum atomic E-state index is 0.285. The van der Waals surface area contributed by atoms with Gasteiger partial charge in [-0.25, -0.2) is 4.98 Å². The highest BCUT2D eigenvalue weighted by molar-refractivity contribution is 5.78. The summed E-state index contributed by atoms with van der Waals surface area (Å²) in [5, 5.41) is 0. The molecule has 0 unspecified atom stereocenters. The van der Waals surface area contributed by atoms with E-state index in [0.717, 1.165) is 0 Å². The Bertz CT molecular complexity index is 252. The fraction of sp³-hybridized carbons (Fsp3) is 0.600. The van der Waals surface area contributed by atoms with Gasteiger partial charge in [-0.3, -0.25) is 4.79 Å². The van der Waals surface area contributed by atoms with Crippen molar-refractivity contribution in [3.05, 3.63) is 18.4 Å². The van der Waals surface area contributed by atoms with Crippen molar-refractivity contribution in [2.45, 2.75) is 33.1 Å². The van der Waals surface area contributed by atoms with Gasteiger partial charge in [0.05, 0.1) is 6.20 Å². The topological polar surface area (TPSA) is 43.1 Å². The van der Waals surface area contributed by atoms with Gasteiger partial charge in [0.15, 0.2) is 5.89 Å². The zero-order valence-corrected chi connectivity index (χ0v) is 8.12. The lowest BCUT2D eigenvalue weighted by Crippen LogP contribution is -2.04. The van der Waals surface area contributed by atoms with E-state index in [1.165, 1.54) is 6.26 Å². The molecule has 1 aromatic rings. The number of carbonyl (C=O) groups is 1. The van der Waals surface area contributed by atoms with Gasteiger partial charge in [0.2, 0.25) is 0 Å². The van der Waals surface area contributed by atoms with Crippen molar-refractivity contribution in [1.82, 2.24) is 4.98 Å². The summed E-state index contributed by atoms with van der Waals surface area (Å²) in [5.74, 6) is 1.38. The molecule has 3 nitrogen and oxygen atoms in total. The van der Waals surface area contributed by atoms with Gasteiger partial charge in [0.1, 0.15) is 12.0 Å². The maximum atomic E-state index is 11.3. The summed E-state index contributed by atoms with van der Waals surface area (Å²) in [6.07, 6.45) is 4.95. The molecule has 13 heavy (non-hydrogen) atoms. The number of carbonyl (C=O) groups excluding carboxylic acids is 1. The average molecular weight is 181 g/mol. The molecule has 0 saturated carbocycles. The SMILES string of the molecule is CC(C)CC(=O)CCc1ncco1. The monoisotopic (exact) mass is 181 g/mol. The van der Waals surface area contributed by atoms with E-state index in [1.807, 2.05) is 13.8 Å². The van der Waals surface area contributed by atoms with E-state index in [-0.39, 0.29) is 5.78 Å². The Labute approximate surface area is 78.2 Å². The second-order valence-corrected chi connectivity index (χ2v) is 3.56. The molecular formula is C10H15NO2. The highest BCUT2D eigenvalue weighted by atomic mass is 16.3. The van der Waals surface area contributed by atoms with E-state index in [9.17, 15) is 4.79 Å². The second-order valence-electron chi connectivity index (χ2n) is 3.56. The van der Waals surface area contributed by atoms with E-state index in [1.54, 1.807) is 6.20 Å². The third kappa shape index (κ3) is 3.87. The fourth-order valence-corrected chi connectivity index (χ4v) is 1.18. The first-order valence-corrected chi connectivity index (χ1v) is 4.58. The number of rotatable bonds is 5. The largest absolute Gasteiger partial charge is 0.449 e. The summed E-state index contributed by atoms with van der Waals surface area (Å²) in [6.45, 7) is 4.09. The maximum absolute atomic E-state index is 11.3. The molecule has 0 saturated heterocycles. The molecule has 72 valence electrons. The average Bonchev–Trinajstić information content (AvgIpc) is 2.51. The molecule has 0 atom stereocenters. The van der Waals surface area contributed by atoms with Crippen LogP contribution in [0.15, 0.2) is 16.9 Å². The third-order valence-corrected chi connectivity index (χ3v) is 1.74.